The number of benzene rings is 2. The molecule has 0 spiro atoms. The van der Waals surface area contributed by atoms with Gasteiger partial charge < -0.3 is 20.5 Å². The van der Waals surface area contributed by atoms with Crippen molar-refractivity contribution in [2.45, 2.75) is 50.5 Å². The van der Waals surface area contributed by atoms with E-state index in [-0.39, 0.29) is 25.5 Å². The Balaban J connectivity index is 1.36. The first-order valence-electron chi connectivity index (χ1n) is 12.2. The third-order valence-electron chi connectivity index (χ3n) is 7.22. The minimum absolute atomic E-state index is 0.0428. The molecule has 0 saturated heterocycles. The molecule has 0 aliphatic heterocycles. The average Bonchev–Trinajstić information content (AvgIpc) is 3.20. The molecule has 2 aromatic carbocycles. The van der Waals surface area contributed by atoms with E-state index in [0.717, 1.165) is 41.5 Å². The van der Waals surface area contributed by atoms with Gasteiger partial charge in [-0.3, -0.25) is 9.59 Å². The molecule has 35 heavy (non-hydrogen) atoms. The minimum atomic E-state index is -0.948. The molecule has 1 unspecified atom stereocenters. The van der Waals surface area contributed by atoms with Gasteiger partial charge in [0.15, 0.2) is 0 Å². The molecule has 0 aromatic heterocycles. The number of hydrogen-bond donors (Lipinski definition) is 3. The van der Waals surface area contributed by atoms with E-state index >= 15 is 0 Å². The van der Waals surface area contributed by atoms with Crippen molar-refractivity contribution >= 4 is 18.0 Å². The summed E-state index contributed by atoms with van der Waals surface area (Å²) in [5.41, 5.74) is 3.53. The van der Waals surface area contributed by atoms with Crippen LogP contribution in [0.25, 0.3) is 11.1 Å². The van der Waals surface area contributed by atoms with Gasteiger partial charge in [0, 0.05) is 12.5 Å². The minimum Gasteiger partial charge on any atom is -0.481 e. The van der Waals surface area contributed by atoms with Crippen LogP contribution in [0.15, 0.2) is 61.2 Å². The zero-order valence-electron chi connectivity index (χ0n) is 19.8. The fourth-order valence-electron chi connectivity index (χ4n) is 5.25. The van der Waals surface area contributed by atoms with Crippen molar-refractivity contribution in [2.24, 2.45) is 5.41 Å². The van der Waals surface area contributed by atoms with Crippen molar-refractivity contribution in [2.75, 3.05) is 13.2 Å². The van der Waals surface area contributed by atoms with Gasteiger partial charge in [0.2, 0.25) is 5.91 Å². The number of carbonyl (C=O) groups excluding carboxylic acids is 2. The van der Waals surface area contributed by atoms with Crippen molar-refractivity contribution in [1.82, 2.24) is 10.6 Å². The summed E-state index contributed by atoms with van der Waals surface area (Å²) in [6, 6.07) is 15.2. The molecule has 4 rings (SSSR count). The van der Waals surface area contributed by atoms with Crippen LogP contribution in [0.5, 0.6) is 0 Å². The maximum atomic E-state index is 12.8. The van der Waals surface area contributed by atoms with E-state index in [4.69, 9.17) is 4.74 Å². The van der Waals surface area contributed by atoms with Gasteiger partial charge in [0.05, 0.1) is 5.41 Å². The van der Waals surface area contributed by atoms with Gasteiger partial charge in [-0.15, -0.1) is 6.58 Å². The standard InChI is InChI=1S/C28H32N2O5/c1-2-10-24(25(31)29-18-28(26(32)33)15-8-3-9-16-28)30-27(34)35-17-23-21-13-6-4-11-19(21)20-12-5-7-14-22(20)23/h2,4-7,11-14,23-24H,1,3,8-10,15-18H2,(H,29,31)(H,30,34)(H,32,33). The third kappa shape index (κ3) is 5.24. The molecule has 1 atom stereocenters. The number of alkyl carbamates (subject to hydrolysis) is 1. The number of hydrogen-bond acceptors (Lipinski definition) is 4. The van der Waals surface area contributed by atoms with E-state index in [1.54, 1.807) is 6.08 Å². The Hall–Kier alpha value is -3.61. The molecule has 3 N–H and O–H groups in total. The maximum absolute atomic E-state index is 12.8. The first kappa shape index (κ1) is 24.5. The summed E-state index contributed by atoms with van der Waals surface area (Å²) in [7, 11) is 0. The van der Waals surface area contributed by atoms with Crippen LogP contribution < -0.4 is 10.6 Å². The fraction of sp³-hybridized carbons (Fsp3) is 0.393. The first-order chi connectivity index (χ1) is 16.9. The Morgan fingerprint density at radius 2 is 1.63 bits per heavy atom. The first-order valence-corrected chi connectivity index (χ1v) is 12.2. The van der Waals surface area contributed by atoms with E-state index in [1.807, 2.05) is 36.4 Å². The van der Waals surface area contributed by atoms with Crippen molar-refractivity contribution < 1.29 is 24.2 Å². The zero-order chi connectivity index (χ0) is 24.8. The summed E-state index contributed by atoms with van der Waals surface area (Å²) in [6.45, 7) is 3.86. The van der Waals surface area contributed by atoms with Crippen LogP contribution in [0.1, 0.15) is 55.6 Å². The number of carbonyl (C=O) groups is 3. The Bertz CT molecular complexity index is 1060. The largest absolute Gasteiger partial charge is 0.481 e. The molecule has 1 saturated carbocycles. The summed E-state index contributed by atoms with van der Waals surface area (Å²) in [6.07, 6.45) is 4.79. The van der Waals surface area contributed by atoms with Crippen molar-refractivity contribution in [3.63, 3.8) is 0 Å². The van der Waals surface area contributed by atoms with E-state index in [2.05, 4.69) is 29.3 Å². The highest BCUT2D eigenvalue weighted by Crippen LogP contribution is 2.44. The highest BCUT2D eigenvalue weighted by Gasteiger charge is 2.40. The smallest absolute Gasteiger partial charge is 0.407 e. The molecular formula is C28H32N2O5. The predicted octanol–water partition coefficient (Wildman–Crippen LogP) is 4.62. The lowest BCUT2D eigenvalue weighted by Gasteiger charge is -2.33. The fourth-order valence-corrected chi connectivity index (χ4v) is 5.25. The molecule has 0 heterocycles. The Morgan fingerprint density at radius 3 is 2.20 bits per heavy atom. The molecule has 0 bridgehead atoms. The number of amides is 2. The normalized spacial score (nSPS) is 16.9. The van der Waals surface area contributed by atoms with Gasteiger partial charge in [-0.2, -0.15) is 0 Å². The molecule has 1 fully saturated rings. The molecule has 0 radical (unpaired) electrons. The van der Waals surface area contributed by atoms with E-state index < -0.39 is 29.4 Å². The summed E-state index contributed by atoms with van der Waals surface area (Å²) >= 11 is 0. The van der Waals surface area contributed by atoms with Gasteiger partial charge in [-0.1, -0.05) is 73.9 Å². The molecule has 7 nitrogen and oxygen atoms in total. The lowest BCUT2D eigenvalue weighted by atomic mass is 9.74. The Morgan fingerprint density at radius 1 is 1.03 bits per heavy atom. The third-order valence-corrected chi connectivity index (χ3v) is 7.22. The number of ether oxygens (including phenoxy) is 1. The van der Waals surface area contributed by atoms with Crippen LogP contribution in [0, 0.1) is 5.41 Å². The summed E-state index contributed by atoms with van der Waals surface area (Å²) in [5.74, 6) is -1.41. The highest BCUT2D eigenvalue weighted by molar-refractivity contribution is 5.86. The number of rotatable bonds is 9. The number of carboxylic acids is 1. The number of fused-ring (bicyclic) bond motifs is 3. The average molecular weight is 477 g/mol. The number of carboxylic acid groups (broad SMARTS) is 1. The van der Waals surface area contributed by atoms with Crippen LogP contribution >= 0.6 is 0 Å². The van der Waals surface area contributed by atoms with Gasteiger partial charge in [-0.25, -0.2) is 4.79 Å². The SMILES string of the molecule is C=CCC(NC(=O)OCC1c2ccccc2-c2ccccc21)C(=O)NCC1(C(=O)O)CCCCC1. The van der Waals surface area contributed by atoms with Gasteiger partial charge in [-0.05, 0) is 41.5 Å². The van der Waals surface area contributed by atoms with Crippen molar-refractivity contribution in [3.8, 4) is 11.1 Å². The van der Waals surface area contributed by atoms with Crippen LogP contribution in [0.3, 0.4) is 0 Å². The number of aliphatic carboxylic acids is 1. The second-order valence-corrected chi connectivity index (χ2v) is 9.41. The van der Waals surface area contributed by atoms with Crippen LogP contribution in [-0.4, -0.2) is 42.3 Å². The summed E-state index contributed by atoms with van der Waals surface area (Å²) in [5, 5.41) is 15.1. The Labute approximate surface area is 205 Å². The molecule has 2 aliphatic carbocycles. The summed E-state index contributed by atoms with van der Waals surface area (Å²) in [4.78, 5) is 37.4. The van der Waals surface area contributed by atoms with Gasteiger partial charge >= 0.3 is 12.1 Å². The lowest BCUT2D eigenvalue weighted by Crippen LogP contribution is -2.51. The lowest BCUT2D eigenvalue weighted by molar-refractivity contribution is -0.151. The van der Waals surface area contributed by atoms with Crippen LogP contribution in [0.2, 0.25) is 0 Å². The molecule has 2 aliphatic rings. The van der Waals surface area contributed by atoms with Gasteiger partial charge in [0.1, 0.15) is 12.6 Å². The Kier molecular flexibility index (Phi) is 7.54. The van der Waals surface area contributed by atoms with Crippen molar-refractivity contribution in [1.29, 1.82) is 0 Å². The molecular weight excluding hydrogens is 444 g/mol. The maximum Gasteiger partial charge on any atom is 0.407 e. The second kappa shape index (κ2) is 10.8. The second-order valence-electron chi connectivity index (χ2n) is 9.41. The van der Waals surface area contributed by atoms with E-state index in [0.29, 0.717) is 12.8 Å². The molecule has 184 valence electrons. The molecule has 7 heteroatoms. The number of nitrogens with one attached hydrogen (secondary N) is 2. The van der Waals surface area contributed by atoms with Crippen molar-refractivity contribution in [3.05, 3.63) is 72.3 Å². The van der Waals surface area contributed by atoms with Gasteiger partial charge in [0.25, 0.3) is 0 Å². The van der Waals surface area contributed by atoms with Crippen LogP contribution in [-0.2, 0) is 14.3 Å². The monoisotopic (exact) mass is 476 g/mol. The molecule has 2 amide bonds. The van der Waals surface area contributed by atoms with E-state index in [9.17, 15) is 19.5 Å². The topological polar surface area (TPSA) is 105 Å². The quantitative estimate of drug-likeness (QED) is 0.458. The highest BCUT2D eigenvalue weighted by atomic mass is 16.5. The van der Waals surface area contributed by atoms with E-state index in [1.165, 1.54) is 0 Å². The molecule has 2 aromatic rings. The predicted molar refractivity (Wildman–Crippen MR) is 133 cm³/mol. The van der Waals surface area contributed by atoms with Crippen LogP contribution in [0.4, 0.5) is 4.79 Å². The zero-order valence-corrected chi connectivity index (χ0v) is 19.8. The summed E-state index contributed by atoms with van der Waals surface area (Å²) < 4.78 is 5.56.